The molecule has 0 radical (unpaired) electrons. The molecule has 1 N–H and O–H groups in total. The third-order valence-electron chi connectivity index (χ3n) is 1.42. The molecule has 15 heavy (non-hydrogen) atoms. The zero-order valence-electron chi connectivity index (χ0n) is 7.51. The van der Waals surface area contributed by atoms with E-state index in [9.17, 15) is 14.4 Å². The van der Waals surface area contributed by atoms with Crippen LogP contribution in [-0.4, -0.2) is 35.5 Å². The third-order valence-corrected chi connectivity index (χ3v) is 1.42. The Morgan fingerprint density at radius 3 is 2.87 bits per heavy atom. The van der Waals surface area contributed by atoms with E-state index < -0.39 is 17.7 Å². The highest BCUT2D eigenvalue weighted by Crippen LogP contribution is 1.97. The van der Waals surface area contributed by atoms with Crippen LogP contribution < -0.4 is 5.32 Å². The van der Waals surface area contributed by atoms with Crippen LogP contribution in [0, 0.1) is 11.3 Å². The molecule has 1 saturated heterocycles. The number of carbonyl (C=O) groups excluding carboxylic acids is 3. The minimum absolute atomic E-state index is 0.204. The van der Waals surface area contributed by atoms with Gasteiger partial charge in [0, 0.05) is 6.08 Å². The number of nitrogens with one attached hydrogen (secondary N) is 1. The number of allylic oxidation sites excluding steroid dienone is 2. The molecule has 1 heterocycles. The molecule has 0 aromatic carbocycles. The monoisotopic (exact) mass is 206 g/mol. The maximum Gasteiger partial charge on any atom is 0.344 e. The average Bonchev–Trinajstić information content (AvgIpc) is 2.51. The predicted molar refractivity (Wildman–Crippen MR) is 48.5 cm³/mol. The molecule has 0 bridgehead atoms. The van der Waals surface area contributed by atoms with Gasteiger partial charge in [0.25, 0.3) is 0 Å². The van der Waals surface area contributed by atoms with Crippen LogP contribution in [0.5, 0.6) is 0 Å². The van der Waals surface area contributed by atoms with Gasteiger partial charge in [-0.2, -0.15) is 10.4 Å². The van der Waals surface area contributed by atoms with Gasteiger partial charge in [-0.15, -0.1) is 0 Å². The van der Waals surface area contributed by atoms with Crippen molar-refractivity contribution in [3.05, 3.63) is 12.2 Å². The van der Waals surface area contributed by atoms with Gasteiger partial charge in [0.15, 0.2) is 5.78 Å². The number of hydrogen-bond acceptors (Lipinski definition) is 5. The van der Waals surface area contributed by atoms with E-state index in [1.54, 1.807) is 6.07 Å². The lowest BCUT2D eigenvalue weighted by Gasteiger charge is -2.02. The van der Waals surface area contributed by atoms with Crippen molar-refractivity contribution < 1.29 is 14.4 Å². The molecular weight excluding hydrogens is 200 g/mol. The number of carbonyl (C=O) groups is 3. The van der Waals surface area contributed by atoms with Gasteiger partial charge in [-0.25, -0.2) is 9.80 Å². The summed E-state index contributed by atoms with van der Waals surface area (Å²) in [6.45, 7) is -0.204. The van der Waals surface area contributed by atoms with Gasteiger partial charge in [0.1, 0.15) is 6.54 Å². The Bertz CT molecular complexity index is 405. The summed E-state index contributed by atoms with van der Waals surface area (Å²) < 4.78 is 0. The van der Waals surface area contributed by atoms with Crippen molar-refractivity contribution >= 4 is 23.9 Å². The first-order chi connectivity index (χ1) is 7.13. The second kappa shape index (κ2) is 4.66. The Morgan fingerprint density at radius 1 is 1.60 bits per heavy atom. The van der Waals surface area contributed by atoms with Crippen LogP contribution in [0.1, 0.15) is 0 Å². The Hall–Kier alpha value is -2.49. The minimum Gasteiger partial charge on any atom is -0.288 e. The normalized spacial score (nSPS) is 16.1. The molecule has 1 aliphatic rings. The van der Waals surface area contributed by atoms with Gasteiger partial charge in [0.2, 0.25) is 5.91 Å². The fourth-order valence-corrected chi connectivity index (χ4v) is 0.813. The summed E-state index contributed by atoms with van der Waals surface area (Å²) in [6, 6.07) is 0.959. The molecule has 1 fully saturated rings. The number of hydrazone groups is 1. The molecule has 76 valence electrons. The molecule has 0 unspecified atom stereocenters. The lowest BCUT2D eigenvalue weighted by Crippen LogP contribution is -2.24. The fraction of sp³-hybridized carbons (Fsp3) is 0.125. The summed E-state index contributed by atoms with van der Waals surface area (Å²) >= 11 is 0. The molecule has 0 aliphatic carbocycles. The van der Waals surface area contributed by atoms with Crippen molar-refractivity contribution in [1.29, 1.82) is 5.26 Å². The van der Waals surface area contributed by atoms with Crippen LogP contribution >= 0.6 is 0 Å². The van der Waals surface area contributed by atoms with Crippen molar-refractivity contribution in [3.8, 4) is 6.07 Å². The first kappa shape index (κ1) is 10.6. The number of ketones is 1. The molecule has 1 rings (SSSR count). The molecule has 0 aromatic heterocycles. The van der Waals surface area contributed by atoms with Gasteiger partial charge < -0.3 is 0 Å². The summed E-state index contributed by atoms with van der Waals surface area (Å²) in [5.74, 6) is -1.01. The first-order valence-electron chi connectivity index (χ1n) is 3.89. The molecule has 0 aromatic rings. The third kappa shape index (κ3) is 3.04. The van der Waals surface area contributed by atoms with Gasteiger partial charge in [-0.05, 0) is 6.08 Å². The first-order valence-corrected chi connectivity index (χ1v) is 3.89. The van der Waals surface area contributed by atoms with E-state index in [1.165, 1.54) is 0 Å². The van der Waals surface area contributed by atoms with E-state index in [1.807, 2.05) is 5.32 Å². The molecule has 0 spiro atoms. The summed E-state index contributed by atoms with van der Waals surface area (Å²) in [5, 5.41) is 14.4. The number of urea groups is 1. The van der Waals surface area contributed by atoms with E-state index in [0.29, 0.717) is 0 Å². The zero-order valence-corrected chi connectivity index (χ0v) is 7.51. The maximum atomic E-state index is 10.9. The van der Waals surface area contributed by atoms with E-state index in [0.717, 1.165) is 23.4 Å². The molecule has 7 heteroatoms. The molecule has 7 nitrogen and oxygen atoms in total. The summed E-state index contributed by atoms with van der Waals surface area (Å²) in [4.78, 5) is 32.5. The standard InChI is InChI=1S/C8H6N4O3/c9-3-1-2-6(13)4-10-12-5-7(14)11-8(12)15/h1-2,4H,5H2,(H,11,14,15). The Balaban J connectivity index is 2.55. The largest absolute Gasteiger partial charge is 0.344 e. The highest BCUT2D eigenvalue weighted by Gasteiger charge is 2.25. The number of hydrogen-bond donors (Lipinski definition) is 1. The zero-order chi connectivity index (χ0) is 11.3. The topological polar surface area (TPSA) is 103 Å². The molecule has 1 aliphatic heterocycles. The number of amides is 3. The van der Waals surface area contributed by atoms with E-state index >= 15 is 0 Å². The lowest BCUT2D eigenvalue weighted by atomic mass is 10.4. The molecule has 0 atom stereocenters. The molecular formula is C8H6N4O3. The average molecular weight is 206 g/mol. The van der Waals surface area contributed by atoms with Crippen LogP contribution in [-0.2, 0) is 9.59 Å². The van der Waals surface area contributed by atoms with Crippen molar-refractivity contribution in [2.75, 3.05) is 6.54 Å². The summed E-state index contributed by atoms with van der Waals surface area (Å²) in [7, 11) is 0. The van der Waals surface area contributed by atoms with Crippen molar-refractivity contribution in [2.24, 2.45) is 5.10 Å². The van der Waals surface area contributed by atoms with Gasteiger partial charge in [0.05, 0.1) is 12.3 Å². The quantitative estimate of drug-likeness (QED) is 0.282. The summed E-state index contributed by atoms with van der Waals surface area (Å²) in [5.41, 5.74) is 0. The molecule has 3 amide bonds. The number of nitrogens with zero attached hydrogens (tertiary/aromatic N) is 3. The van der Waals surface area contributed by atoms with Crippen LogP contribution in [0.3, 0.4) is 0 Å². The van der Waals surface area contributed by atoms with Gasteiger partial charge in [-0.1, -0.05) is 0 Å². The van der Waals surface area contributed by atoms with Crippen LogP contribution in [0.2, 0.25) is 0 Å². The second-order valence-corrected chi connectivity index (χ2v) is 2.52. The predicted octanol–water partition coefficient (Wildman–Crippen LogP) is -0.827. The van der Waals surface area contributed by atoms with Crippen molar-refractivity contribution in [2.45, 2.75) is 0 Å². The fourth-order valence-electron chi connectivity index (χ4n) is 0.813. The molecule has 0 saturated carbocycles. The van der Waals surface area contributed by atoms with Gasteiger partial charge >= 0.3 is 6.03 Å². The Labute approximate surface area is 84.7 Å². The smallest absolute Gasteiger partial charge is 0.288 e. The highest BCUT2D eigenvalue weighted by molar-refractivity contribution is 6.32. The van der Waals surface area contributed by atoms with Crippen molar-refractivity contribution in [3.63, 3.8) is 0 Å². The highest BCUT2D eigenvalue weighted by atomic mass is 16.2. The second-order valence-electron chi connectivity index (χ2n) is 2.52. The van der Waals surface area contributed by atoms with E-state index in [2.05, 4.69) is 5.10 Å². The maximum absolute atomic E-state index is 10.9. The van der Waals surface area contributed by atoms with Crippen LogP contribution in [0.25, 0.3) is 0 Å². The van der Waals surface area contributed by atoms with E-state index in [4.69, 9.17) is 5.26 Å². The number of nitriles is 1. The Kier molecular flexibility index (Phi) is 3.29. The Morgan fingerprint density at radius 2 is 2.33 bits per heavy atom. The van der Waals surface area contributed by atoms with Crippen LogP contribution in [0.4, 0.5) is 4.79 Å². The van der Waals surface area contributed by atoms with Crippen LogP contribution in [0.15, 0.2) is 17.3 Å². The SMILES string of the molecule is N#CC=CC(=O)C=NN1CC(=O)NC1=O. The van der Waals surface area contributed by atoms with Crippen molar-refractivity contribution in [1.82, 2.24) is 10.3 Å². The number of rotatable bonds is 3. The lowest BCUT2D eigenvalue weighted by molar-refractivity contribution is -0.118. The minimum atomic E-state index is -0.673. The van der Waals surface area contributed by atoms with Gasteiger partial charge in [-0.3, -0.25) is 14.9 Å². The summed E-state index contributed by atoms with van der Waals surface area (Å²) in [6.07, 6.45) is 2.84. The number of imide groups is 1. The van der Waals surface area contributed by atoms with E-state index in [-0.39, 0.29) is 6.54 Å².